The van der Waals surface area contributed by atoms with Crippen LogP contribution in [0.1, 0.15) is 17.0 Å². The lowest BCUT2D eigenvalue weighted by molar-refractivity contribution is -0.129. The minimum absolute atomic E-state index is 0.157. The Kier molecular flexibility index (Phi) is 6.34. The minimum Gasteiger partial charge on any atom is -0.497 e. The highest BCUT2D eigenvalue weighted by molar-refractivity contribution is 7.22. The number of thiophene rings is 1. The van der Waals surface area contributed by atoms with Crippen molar-refractivity contribution in [3.63, 3.8) is 0 Å². The molecule has 6 nitrogen and oxygen atoms in total. The average Bonchev–Trinajstić information content (AvgIpc) is 3.29. The summed E-state index contributed by atoms with van der Waals surface area (Å²) < 4.78 is 21.4. The van der Waals surface area contributed by atoms with Crippen molar-refractivity contribution >= 4 is 32.3 Å². The third-order valence-corrected chi connectivity index (χ3v) is 6.74. The fourth-order valence-corrected chi connectivity index (χ4v) is 5.26. The van der Waals surface area contributed by atoms with Crippen LogP contribution in [0, 0.1) is 12.7 Å². The number of carbonyl (C=O) groups excluding carboxylic acids is 1. The Bertz CT molecular complexity index is 1110. The van der Waals surface area contributed by atoms with E-state index < -0.39 is 17.8 Å². The van der Waals surface area contributed by atoms with Gasteiger partial charge in [-0.05, 0) is 41.6 Å². The molecule has 0 unspecified atom stereocenters. The van der Waals surface area contributed by atoms with Gasteiger partial charge in [0.25, 0.3) is 0 Å². The molecule has 2 heterocycles. The van der Waals surface area contributed by atoms with Gasteiger partial charge in [0.2, 0.25) is 5.91 Å². The highest BCUT2D eigenvalue weighted by Crippen LogP contribution is 2.35. The third-order valence-electron chi connectivity index (χ3n) is 5.71. The van der Waals surface area contributed by atoms with E-state index in [9.17, 15) is 9.90 Å². The predicted molar refractivity (Wildman–Crippen MR) is 126 cm³/mol. The first-order valence-corrected chi connectivity index (χ1v) is 11.2. The van der Waals surface area contributed by atoms with Crippen molar-refractivity contribution in [3.05, 3.63) is 71.8 Å². The zero-order chi connectivity index (χ0) is 22.8. The van der Waals surface area contributed by atoms with Gasteiger partial charge in [-0.25, -0.2) is 4.39 Å². The molecule has 2 aromatic carbocycles. The molecule has 1 amide bonds. The number of aryl methyl sites for hydroxylation is 1. The monoisotopic (exact) mass is 455 g/mol. The number of β-amino-alcohol motifs (C(OH)–C–C–N with tert-alkyl or cyclic N) is 1. The van der Waals surface area contributed by atoms with Crippen LogP contribution in [-0.2, 0) is 4.79 Å². The molecule has 0 bridgehead atoms. The number of hydrogen-bond donors (Lipinski definition) is 3. The Morgan fingerprint density at radius 1 is 1.34 bits per heavy atom. The van der Waals surface area contributed by atoms with Crippen molar-refractivity contribution in [2.45, 2.75) is 18.9 Å². The van der Waals surface area contributed by atoms with Gasteiger partial charge in [-0.15, -0.1) is 11.3 Å². The number of aliphatic hydroxyl groups excluding tert-OH is 1. The molecular formula is C24H26FN3O3S. The molecule has 1 aromatic heterocycles. The molecule has 0 radical (unpaired) electrons. The van der Waals surface area contributed by atoms with Gasteiger partial charge in [0, 0.05) is 29.8 Å². The number of aliphatic hydroxyl groups is 1. The smallest absolute Gasteiger partial charge is 0.245 e. The summed E-state index contributed by atoms with van der Waals surface area (Å²) in [6.45, 7) is 6.19. The first kappa shape index (κ1) is 22.1. The second-order valence-corrected chi connectivity index (χ2v) is 8.91. The Labute approximate surface area is 190 Å². The van der Waals surface area contributed by atoms with E-state index in [1.807, 2.05) is 30.3 Å². The van der Waals surface area contributed by atoms with Crippen LogP contribution in [0.4, 0.5) is 9.39 Å². The number of fused-ring (bicyclic) bond motifs is 1. The number of nitrogens with zero attached hydrogens (tertiary/aromatic N) is 1. The standard InChI is InChI=1S/C24H26FN3O3S/c1-14-10-17(31-3)12-19(25)22(14)18-13-28(8-9-29)24(30)23(18)27-15(2)26-21-11-16-6-4-5-7-20(16)32-21/h4-7,10-12,18,23,26-27,29H,2,8-9,13H2,1,3H3/t18-,23-/m0/s1. The zero-order valence-corrected chi connectivity index (χ0v) is 18.8. The number of benzene rings is 2. The minimum atomic E-state index is -0.711. The number of ether oxygens (including phenoxy) is 1. The van der Waals surface area contributed by atoms with Crippen molar-refractivity contribution < 1.29 is 19.0 Å². The maximum Gasteiger partial charge on any atom is 0.245 e. The predicted octanol–water partition coefficient (Wildman–Crippen LogP) is 3.82. The van der Waals surface area contributed by atoms with Crippen molar-refractivity contribution in [2.75, 3.05) is 32.1 Å². The Balaban J connectivity index is 1.59. The van der Waals surface area contributed by atoms with Gasteiger partial charge in [-0.3, -0.25) is 4.79 Å². The zero-order valence-electron chi connectivity index (χ0n) is 18.0. The van der Waals surface area contributed by atoms with Gasteiger partial charge < -0.3 is 25.4 Å². The summed E-state index contributed by atoms with van der Waals surface area (Å²) >= 11 is 1.58. The largest absolute Gasteiger partial charge is 0.497 e. The van der Waals surface area contributed by atoms with Gasteiger partial charge >= 0.3 is 0 Å². The lowest BCUT2D eigenvalue weighted by Gasteiger charge is -2.23. The molecule has 1 aliphatic rings. The molecule has 0 spiro atoms. The second-order valence-electron chi connectivity index (χ2n) is 7.83. The van der Waals surface area contributed by atoms with E-state index in [-0.39, 0.29) is 19.1 Å². The van der Waals surface area contributed by atoms with Crippen molar-refractivity contribution in [2.24, 2.45) is 0 Å². The molecule has 0 aliphatic carbocycles. The second kappa shape index (κ2) is 9.18. The summed E-state index contributed by atoms with van der Waals surface area (Å²) in [7, 11) is 1.49. The average molecular weight is 456 g/mol. The summed E-state index contributed by atoms with van der Waals surface area (Å²) in [6.07, 6.45) is 0. The summed E-state index contributed by atoms with van der Waals surface area (Å²) in [5.74, 6) is -0.169. The van der Waals surface area contributed by atoms with Crippen molar-refractivity contribution in [1.82, 2.24) is 10.2 Å². The molecular weight excluding hydrogens is 429 g/mol. The number of nitrogens with one attached hydrogen (secondary N) is 2. The number of methoxy groups -OCH3 is 1. The molecule has 1 saturated heterocycles. The molecule has 168 valence electrons. The number of likely N-dealkylation sites (tertiary alicyclic amines) is 1. The molecule has 1 aliphatic heterocycles. The molecule has 3 N–H and O–H groups in total. The van der Waals surface area contributed by atoms with E-state index in [0.29, 0.717) is 29.2 Å². The van der Waals surface area contributed by atoms with E-state index >= 15 is 4.39 Å². The number of rotatable bonds is 8. The van der Waals surface area contributed by atoms with Gasteiger partial charge in [-0.2, -0.15) is 0 Å². The molecule has 3 aromatic rings. The first-order valence-electron chi connectivity index (χ1n) is 10.4. The number of carbonyl (C=O) groups is 1. The number of anilines is 1. The van der Waals surface area contributed by atoms with Crippen molar-refractivity contribution in [1.29, 1.82) is 0 Å². The lowest BCUT2D eigenvalue weighted by atomic mass is 9.90. The van der Waals surface area contributed by atoms with E-state index in [0.717, 1.165) is 15.1 Å². The molecule has 0 saturated carbocycles. The van der Waals surface area contributed by atoms with E-state index in [1.54, 1.807) is 29.2 Å². The number of hydrogen-bond acceptors (Lipinski definition) is 6. The van der Waals surface area contributed by atoms with Gasteiger partial charge in [-0.1, -0.05) is 24.8 Å². The van der Waals surface area contributed by atoms with Crippen LogP contribution in [-0.4, -0.2) is 48.8 Å². The highest BCUT2D eigenvalue weighted by Gasteiger charge is 2.43. The van der Waals surface area contributed by atoms with Crippen LogP contribution in [0.5, 0.6) is 5.75 Å². The Hall–Kier alpha value is -3.10. The van der Waals surface area contributed by atoms with Crippen LogP contribution in [0.3, 0.4) is 0 Å². The van der Waals surface area contributed by atoms with E-state index in [4.69, 9.17) is 4.74 Å². The lowest BCUT2D eigenvalue weighted by Crippen LogP contribution is -2.41. The first-order chi connectivity index (χ1) is 15.4. The molecule has 32 heavy (non-hydrogen) atoms. The topological polar surface area (TPSA) is 73.8 Å². The normalized spacial score (nSPS) is 18.2. The van der Waals surface area contributed by atoms with Crippen LogP contribution in [0.15, 0.2) is 54.9 Å². The van der Waals surface area contributed by atoms with E-state index in [1.165, 1.54) is 13.2 Å². The Morgan fingerprint density at radius 2 is 2.12 bits per heavy atom. The quantitative estimate of drug-likeness (QED) is 0.482. The fraction of sp³-hybridized carbons (Fsp3) is 0.292. The van der Waals surface area contributed by atoms with Crippen LogP contribution < -0.4 is 15.4 Å². The summed E-state index contributed by atoms with van der Waals surface area (Å²) in [5, 5.41) is 17.8. The molecule has 4 rings (SSSR count). The number of halogens is 1. The maximum absolute atomic E-state index is 15.0. The summed E-state index contributed by atoms with van der Waals surface area (Å²) in [6, 6.07) is 12.4. The van der Waals surface area contributed by atoms with Crippen LogP contribution in [0.2, 0.25) is 0 Å². The third kappa shape index (κ3) is 4.28. The van der Waals surface area contributed by atoms with E-state index in [2.05, 4.69) is 17.2 Å². The molecule has 1 fully saturated rings. The molecule has 2 atom stereocenters. The van der Waals surface area contributed by atoms with Crippen molar-refractivity contribution in [3.8, 4) is 5.75 Å². The fourth-order valence-electron chi connectivity index (χ4n) is 4.27. The van der Waals surface area contributed by atoms with Gasteiger partial charge in [0.1, 0.15) is 17.6 Å². The van der Waals surface area contributed by atoms with Crippen LogP contribution >= 0.6 is 11.3 Å². The van der Waals surface area contributed by atoms with Gasteiger partial charge in [0.05, 0.1) is 24.5 Å². The highest BCUT2D eigenvalue weighted by atomic mass is 32.1. The molecule has 8 heteroatoms. The number of amides is 1. The summed E-state index contributed by atoms with van der Waals surface area (Å²) in [5.41, 5.74) is 1.17. The maximum atomic E-state index is 15.0. The SMILES string of the molecule is C=C(Nc1cc2ccccc2s1)N[C@@H]1C(=O)N(CCO)C[C@H]1c1c(C)cc(OC)cc1F. The van der Waals surface area contributed by atoms with Crippen LogP contribution in [0.25, 0.3) is 10.1 Å². The van der Waals surface area contributed by atoms with Gasteiger partial charge in [0.15, 0.2) is 0 Å². The summed E-state index contributed by atoms with van der Waals surface area (Å²) in [4.78, 5) is 14.6. The Morgan fingerprint density at radius 3 is 2.81 bits per heavy atom.